The van der Waals surface area contributed by atoms with Gasteiger partial charge < -0.3 is 5.32 Å². The van der Waals surface area contributed by atoms with E-state index in [1.54, 1.807) is 12.1 Å². The number of amides is 1. The lowest BCUT2D eigenvalue weighted by molar-refractivity contribution is -0.140. The smallest absolute Gasteiger partial charge is 0.348 e. The lowest BCUT2D eigenvalue weighted by atomic mass is 9.93. The SMILES string of the molecule is NS(=O)(=O)c1c(C(F)(F)F)ccc(-c2ccc3c(c2)CNC3=O)c1C1NNNN1. The summed E-state index contributed by atoms with van der Waals surface area (Å²) in [5.41, 5.74) is 10.3. The molecule has 0 spiro atoms. The number of nitrogens with two attached hydrogens (primary N) is 1. The molecular weight excluding hydrogens is 413 g/mol. The maximum atomic E-state index is 13.6. The van der Waals surface area contributed by atoms with Crippen molar-refractivity contribution in [3.63, 3.8) is 0 Å². The number of benzene rings is 2. The first kappa shape index (κ1) is 19.8. The fourth-order valence-electron chi connectivity index (χ4n) is 3.46. The lowest BCUT2D eigenvalue weighted by Crippen LogP contribution is -2.33. The van der Waals surface area contributed by atoms with E-state index in [0.717, 1.165) is 0 Å². The summed E-state index contributed by atoms with van der Waals surface area (Å²) in [5.74, 6) is -0.253. The maximum absolute atomic E-state index is 13.6. The highest BCUT2D eigenvalue weighted by atomic mass is 32.2. The minimum Gasteiger partial charge on any atom is -0.348 e. The van der Waals surface area contributed by atoms with Crippen LogP contribution < -0.4 is 32.4 Å². The summed E-state index contributed by atoms with van der Waals surface area (Å²) in [6, 6.07) is 6.57. The molecule has 1 saturated heterocycles. The van der Waals surface area contributed by atoms with Crippen molar-refractivity contribution in [2.75, 3.05) is 0 Å². The van der Waals surface area contributed by atoms with E-state index in [1.165, 1.54) is 12.1 Å². The van der Waals surface area contributed by atoms with Crippen LogP contribution in [0.3, 0.4) is 0 Å². The zero-order valence-electron chi connectivity index (χ0n) is 14.5. The van der Waals surface area contributed by atoms with E-state index < -0.39 is 32.8 Å². The molecule has 0 radical (unpaired) electrons. The second kappa shape index (κ2) is 6.76. The van der Waals surface area contributed by atoms with E-state index in [2.05, 4.69) is 27.2 Å². The largest absolute Gasteiger partial charge is 0.417 e. The molecule has 4 rings (SSSR count). The Morgan fingerprint density at radius 2 is 1.69 bits per heavy atom. The standard InChI is InChI=1S/C16H15F3N6O3S/c17-16(18,19)11-4-3-9(7-1-2-10-8(5-7)6-21-15(10)26)12(13(11)29(20,27)28)14-22-24-25-23-14/h1-5,14,22-25H,6H2,(H,21,26)(H2,20,27,28). The molecule has 13 heteroatoms. The predicted molar refractivity (Wildman–Crippen MR) is 94.7 cm³/mol. The van der Waals surface area contributed by atoms with E-state index in [0.29, 0.717) is 22.8 Å². The van der Waals surface area contributed by atoms with Crippen molar-refractivity contribution < 1.29 is 26.4 Å². The van der Waals surface area contributed by atoms with Crippen molar-refractivity contribution in [2.45, 2.75) is 23.8 Å². The van der Waals surface area contributed by atoms with Gasteiger partial charge in [-0.05, 0) is 34.9 Å². The minimum atomic E-state index is -4.94. The number of primary sulfonamides is 1. The molecule has 7 N–H and O–H groups in total. The Morgan fingerprint density at radius 3 is 2.31 bits per heavy atom. The highest BCUT2D eigenvalue weighted by molar-refractivity contribution is 7.89. The molecule has 0 unspecified atom stereocenters. The number of hydrogen-bond acceptors (Lipinski definition) is 7. The van der Waals surface area contributed by atoms with Crippen LogP contribution in [-0.4, -0.2) is 14.3 Å². The van der Waals surface area contributed by atoms with Gasteiger partial charge in [0.05, 0.1) is 5.56 Å². The Bertz CT molecular complexity index is 1110. The van der Waals surface area contributed by atoms with Crippen LogP contribution in [0.2, 0.25) is 0 Å². The third-order valence-corrected chi connectivity index (χ3v) is 5.68. The molecule has 2 heterocycles. The molecule has 2 aromatic rings. The zero-order valence-corrected chi connectivity index (χ0v) is 15.3. The first-order valence-electron chi connectivity index (χ1n) is 8.27. The van der Waals surface area contributed by atoms with Crippen molar-refractivity contribution in [2.24, 2.45) is 5.14 Å². The van der Waals surface area contributed by atoms with Crippen molar-refractivity contribution in [3.8, 4) is 11.1 Å². The van der Waals surface area contributed by atoms with Crippen LogP contribution in [0.1, 0.15) is 33.2 Å². The van der Waals surface area contributed by atoms with Gasteiger partial charge in [-0.25, -0.2) is 24.4 Å². The maximum Gasteiger partial charge on any atom is 0.417 e. The molecule has 29 heavy (non-hydrogen) atoms. The Balaban J connectivity index is 2.01. The number of alkyl halides is 3. The molecule has 0 aromatic heterocycles. The highest BCUT2D eigenvalue weighted by Crippen LogP contribution is 2.41. The average molecular weight is 428 g/mol. The summed E-state index contributed by atoms with van der Waals surface area (Å²) in [6.45, 7) is 0.267. The quantitative estimate of drug-likeness (QED) is 0.416. The van der Waals surface area contributed by atoms with Gasteiger partial charge in [-0.1, -0.05) is 12.1 Å². The third-order valence-electron chi connectivity index (χ3n) is 4.67. The Labute approximate surface area is 162 Å². The number of hydrazine groups is 3. The van der Waals surface area contributed by atoms with E-state index in [9.17, 15) is 26.4 Å². The van der Waals surface area contributed by atoms with Crippen LogP contribution >= 0.6 is 0 Å². The number of rotatable bonds is 3. The summed E-state index contributed by atoms with van der Waals surface area (Å²) >= 11 is 0. The summed E-state index contributed by atoms with van der Waals surface area (Å²) in [7, 11) is -4.76. The summed E-state index contributed by atoms with van der Waals surface area (Å²) in [4.78, 5) is 10.7. The van der Waals surface area contributed by atoms with Crippen LogP contribution in [0.15, 0.2) is 35.2 Å². The molecular formula is C16H15F3N6O3S. The van der Waals surface area contributed by atoms with Gasteiger partial charge in [-0.15, -0.1) is 0 Å². The second-order valence-corrected chi connectivity index (χ2v) is 7.97. The fraction of sp³-hybridized carbons (Fsp3) is 0.188. The van der Waals surface area contributed by atoms with Gasteiger partial charge in [0.2, 0.25) is 10.0 Å². The van der Waals surface area contributed by atoms with Crippen molar-refractivity contribution >= 4 is 15.9 Å². The molecule has 154 valence electrons. The lowest BCUT2D eigenvalue weighted by Gasteiger charge is -2.22. The van der Waals surface area contributed by atoms with Gasteiger partial charge in [0, 0.05) is 17.7 Å². The average Bonchev–Trinajstić information content (AvgIpc) is 3.29. The number of nitrogens with one attached hydrogen (secondary N) is 5. The molecule has 0 saturated carbocycles. The Morgan fingerprint density at radius 1 is 1.03 bits per heavy atom. The van der Waals surface area contributed by atoms with Gasteiger partial charge in [-0.3, -0.25) is 4.79 Å². The van der Waals surface area contributed by atoms with Crippen LogP contribution in [0.4, 0.5) is 13.2 Å². The topological polar surface area (TPSA) is 137 Å². The van der Waals surface area contributed by atoms with E-state index in [1.807, 2.05) is 0 Å². The molecule has 2 aliphatic rings. The zero-order chi connectivity index (χ0) is 21.0. The Kier molecular flexibility index (Phi) is 4.60. The van der Waals surface area contributed by atoms with Gasteiger partial charge >= 0.3 is 6.18 Å². The second-order valence-electron chi connectivity index (χ2n) is 6.47. The predicted octanol–water partition coefficient (Wildman–Crippen LogP) is 0.379. The van der Waals surface area contributed by atoms with Crippen LogP contribution in [0, 0.1) is 0 Å². The van der Waals surface area contributed by atoms with Crippen molar-refractivity contribution in [1.29, 1.82) is 0 Å². The van der Waals surface area contributed by atoms with Gasteiger partial charge in [0.25, 0.3) is 5.91 Å². The molecule has 0 aliphatic carbocycles. The molecule has 1 amide bonds. The van der Waals surface area contributed by atoms with Crippen LogP contribution in [-0.2, 0) is 22.7 Å². The number of carbonyl (C=O) groups is 1. The number of halogens is 3. The fourth-order valence-corrected chi connectivity index (χ4v) is 4.49. The van der Waals surface area contributed by atoms with Gasteiger partial charge in [0.15, 0.2) is 0 Å². The molecule has 9 nitrogen and oxygen atoms in total. The van der Waals surface area contributed by atoms with Gasteiger partial charge in [-0.2, -0.15) is 24.2 Å². The monoisotopic (exact) mass is 428 g/mol. The molecule has 1 fully saturated rings. The number of fused-ring (bicyclic) bond motifs is 1. The first-order chi connectivity index (χ1) is 13.6. The highest BCUT2D eigenvalue weighted by Gasteiger charge is 2.40. The Hall–Kier alpha value is -2.55. The third kappa shape index (κ3) is 3.48. The molecule has 0 atom stereocenters. The number of hydrogen-bond donors (Lipinski definition) is 6. The molecule has 0 bridgehead atoms. The van der Waals surface area contributed by atoms with Crippen LogP contribution in [0.5, 0.6) is 0 Å². The van der Waals surface area contributed by atoms with E-state index in [4.69, 9.17) is 5.14 Å². The number of carbonyl (C=O) groups excluding carboxylic acids is 1. The van der Waals surface area contributed by atoms with Crippen molar-refractivity contribution in [1.82, 2.24) is 27.2 Å². The minimum absolute atomic E-state index is 0.208. The molecule has 2 aliphatic heterocycles. The summed E-state index contributed by atoms with van der Waals surface area (Å²) in [6.07, 6.45) is -5.99. The molecule has 2 aromatic carbocycles. The summed E-state index contributed by atoms with van der Waals surface area (Å²) in [5, 5.41) is 7.85. The van der Waals surface area contributed by atoms with E-state index in [-0.39, 0.29) is 23.6 Å². The summed E-state index contributed by atoms with van der Waals surface area (Å²) < 4.78 is 65.1. The van der Waals surface area contributed by atoms with E-state index >= 15 is 0 Å². The first-order valence-corrected chi connectivity index (χ1v) is 9.81. The van der Waals surface area contributed by atoms with Crippen LogP contribution in [0.25, 0.3) is 11.1 Å². The van der Waals surface area contributed by atoms with Crippen molar-refractivity contribution in [3.05, 3.63) is 52.6 Å². The van der Waals surface area contributed by atoms with Gasteiger partial charge in [0.1, 0.15) is 11.1 Å². The number of sulfonamides is 1. The normalized spacial score (nSPS) is 17.4.